The molecule has 14 heavy (non-hydrogen) atoms. The van der Waals surface area contributed by atoms with E-state index < -0.39 is 0 Å². The smallest absolute Gasteiger partial charge is 0.220 e. The highest BCUT2D eigenvalue weighted by Crippen LogP contribution is 2.17. The highest BCUT2D eigenvalue weighted by atomic mass is 16.1. The van der Waals surface area contributed by atoms with Gasteiger partial charge < -0.3 is 5.32 Å². The third-order valence-corrected chi connectivity index (χ3v) is 1.74. The molecule has 0 radical (unpaired) electrons. The van der Waals surface area contributed by atoms with Crippen LogP contribution in [-0.4, -0.2) is 18.7 Å². The Hall–Kier alpha value is -1.12. The van der Waals surface area contributed by atoms with Gasteiger partial charge in [-0.25, -0.2) is 0 Å². The van der Waals surface area contributed by atoms with Crippen molar-refractivity contribution in [3.63, 3.8) is 0 Å². The van der Waals surface area contributed by atoms with Crippen molar-refractivity contribution >= 4 is 11.6 Å². The number of rotatable bonds is 2. The minimum atomic E-state index is -0.0527. The fraction of sp³-hybridized carbons (Fsp3) is 0.636. The van der Waals surface area contributed by atoms with Crippen molar-refractivity contribution in [3.8, 4) is 0 Å². The van der Waals surface area contributed by atoms with Crippen LogP contribution in [0.4, 0.5) is 0 Å². The van der Waals surface area contributed by atoms with E-state index in [1.165, 1.54) is 6.92 Å². The van der Waals surface area contributed by atoms with Crippen LogP contribution >= 0.6 is 0 Å². The molecular weight excluding hydrogens is 176 g/mol. The Kier molecular flexibility index (Phi) is 4.54. The lowest BCUT2D eigenvalue weighted by Gasteiger charge is -2.19. The molecule has 0 fully saturated rings. The second-order valence-corrected chi connectivity index (χ2v) is 4.37. The summed E-state index contributed by atoms with van der Waals surface area (Å²) in [4.78, 5) is 15.0. The van der Waals surface area contributed by atoms with Crippen LogP contribution in [-0.2, 0) is 4.79 Å². The molecule has 3 heteroatoms. The van der Waals surface area contributed by atoms with Gasteiger partial charge in [0, 0.05) is 30.8 Å². The van der Waals surface area contributed by atoms with Crippen molar-refractivity contribution in [1.82, 2.24) is 5.32 Å². The molecule has 0 saturated carbocycles. The van der Waals surface area contributed by atoms with Crippen molar-refractivity contribution < 1.29 is 4.79 Å². The molecule has 0 aromatic heterocycles. The van der Waals surface area contributed by atoms with E-state index >= 15 is 0 Å². The molecule has 0 unspecified atom stereocenters. The van der Waals surface area contributed by atoms with Gasteiger partial charge in [-0.1, -0.05) is 20.8 Å². The predicted octanol–water partition coefficient (Wildman–Crippen LogP) is 2.14. The molecule has 1 N–H and O–H groups in total. The molecule has 0 aromatic rings. The van der Waals surface area contributed by atoms with Crippen LogP contribution in [0.5, 0.6) is 0 Å². The van der Waals surface area contributed by atoms with Crippen molar-refractivity contribution in [2.45, 2.75) is 34.6 Å². The number of amides is 1. The molecule has 0 aliphatic rings. The summed E-state index contributed by atoms with van der Waals surface area (Å²) in [6, 6.07) is 0. The second kappa shape index (κ2) is 4.94. The average molecular weight is 196 g/mol. The van der Waals surface area contributed by atoms with E-state index in [0.29, 0.717) is 0 Å². The first-order valence-corrected chi connectivity index (χ1v) is 4.70. The normalized spacial score (nSPS) is 14.1. The van der Waals surface area contributed by atoms with Crippen LogP contribution in [0.3, 0.4) is 0 Å². The van der Waals surface area contributed by atoms with Gasteiger partial charge in [-0.05, 0) is 13.0 Å². The van der Waals surface area contributed by atoms with Crippen LogP contribution in [0.25, 0.3) is 0 Å². The van der Waals surface area contributed by atoms with Gasteiger partial charge in [0.1, 0.15) is 0 Å². The van der Waals surface area contributed by atoms with Gasteiger partial charge in [0.2, 0.25) is 5.91 Å². The zero-order chi connectivity index (χ0) is 11.4. The Bertz CT molecular complexity index is 270. The minimum Gasteiger partial charge on any atom is -0.330 e. The molecule has 3 nitrogen and oxygen atoms in total. The predicted molar refractivity (Wildman–Crippen MR) is 60.4 cm³/mol. The number of allylic oxidation sites excluding steroid dienone is 2. The van der Waals surface area contributed by atoms with Gasteiger partial charge in [-0.15, -0.1) is 0 Å². The fourth-order valence-electron chi connectivity index (χ4n) is 1.14. The standard InChI is InChI=1S/C11H20N2O/c1-8(13-9(2)14)7-10(12-6)11(3,4)5/h7H,1-6H3,(H,13,14)/b8-7+,12-10?. The second-order valence-electron chi connectivity index (χ2n) is 4.37. The monoisotopic (exact) mass is 196 g/mol. The first kappa shape index (κ1) is 12.9. The van der Waals surface area contributed by atoms with E-state index in [1.807, 2.05) is 13.0 Å². The average Bonchev–Trinajstić information content (AvgIpc) is 1.96. The van der Waals surface area contributed by atoms with Crippen molar-refractivity contribution in [1.29, 1.82) is 0 Å². The molecule has 1 amide bonds. The topological polar surface area (TPSA) is 41.5 Å². The fourth-order valence-corrected chi connectivity index (χ4v) is 1.14. The number of nitrogens with one attached hydrogen (secondary N) is 1. The van der Waals surface area contributed by atoms with Gasteiger partial charge in [0.15, 0.2) is 0 Å². The zero-order valence-corrected chi connectivity index (χ0v) is 9.93. The van der Waals surface area contributed by atoms with Crippen LogP contribution < -0.4 is 5.32 Å². The molecule has 0 aliphatic carbocycles. The van der Waals surface area contributed by atoms with Crippen LogP contribution in [0.15, 0.2) is 16.8 Å². The van der Waals surface area contributed by atoms with E-state index in [0.717, 1.165) is 11.4 Å². The minimum absolute atomic E-state index is 0.00841. The Morgan fingerprint density at radius 2 is 1.79 bits per heavy atom. The van der Waals surface area contributed by atoms with Crippen LogP contribution in [0.1, 0.15) is 34.6 Å². The van der Waals surface area contributed by atoms with Gasteiger partial charge in [-0.2, -0.15) is 0 Å². The van der Waals surface area contributed by atoms with Crippen LogP contribution in [0, 0.1) is 5.41 Å². The molecule has 0 spiro atoms. The maximum Gasteiger partial charge on any atom is 0.220 e. The lowest BCUT2D eigenvalue weighted by molar-refractivity contribution is -0.118. The summed E-state index contributed by atoms with van der Waals surface area (Å²) >= 11 is 0. The maximum absolute atomic E-state index is 10.8. The third-order valence-electron chi connectivity index (χ3n) is 1.74. The number of carbonyl (C=O) groups is 1. The van der Waals surface area contributed by atoms with E-state index in [2.05, 4.69) is 31.1 Å². The molecular formula is C11H20N2O. The van der Waals surface area contributed by atoms with Crippen molar-refractivity contribution in [3.05, 3.63) is 11.8 Å². The Morgan fingerprint density at radius 1 is 1.29 bits per heavy atom. The summed E-state index contributed by atoms with van der Waals surface area (Å²) in [5.41, 5.74) is 1.81. The lowest BCUT2D eigenvalue weighted by atomic mass is 9.89. The number of aliphatic imine (C=N–C) groups is 1. The van der Waals surface area contributed by atoms with Crippen molar-refractivity contribution in [2.24, 2.45) is 10.4 Å². The molecule has 0 aliphatic heterocycles. The van der Waals surface area contributed by atoms with Gasteiger partial charge in [-0.3, -0.25) is 9.79 Å². The SMILES string of the molecule is CN=C(/C=C(\C)NC(C)=O)C(C)(C)C. The Balaban J connectivity index is 4.70. The maximum atomic E-state index is 10.8. The van der Waals surface area contributed by atoms with E-state index in [1.54, 1.807) is 7.05 Å². The van der Waals surface area contributed by atoms with Gasteiger partial charge in [0.05, 0.1) is 0 Å². The number of nitrogens with zero attached hydrogens (tertiary/aromatic N) is 1. The number of hydrogen-bond donors (Lipinski definition) is 1. The third kappa shape index (κ3) is 4.80. The summed E-state index contributed by atoms with van der Waals surface area (Å²) in [5.74, 6) is -0.0527. The Morgan fingerprint density at radius 3 is 2.07 bits per heavy atom. The molecule has 0 bridgehead atoms. The van der Waals surface area contributed by atoms with Gasteiger partial charge in [0.25, 0.3) is 0 Å². The van der Waals surface area contributed by atoms with Gasteiger partial charge >= 0.3 is 0 Å². The largest absolute Gasteiger partial charge is 0.330 e. The van der Waals surface area contributed by atoms with E-state index in [-0.39, 0.29) is 11.3 Å². The quantitative estimate of drug-likeness (QED) is 0.675. The highest BCUT2D eigenvalue weighted by Gasteiger charge is 2.16. The summed E-state index contributed by atoms with van der Waals surface area (Å²) in [5, 5.41) is 2.72. The van der Waals surface area contributed by atoms with E-state index in [9.17, 15) is 4.79 Å². The molecule has 0 aromatic carbocycles. The zero-order valence-electron chi connectivity index (χ0n) is 9.93. The van der Waals surface area contributed by atoms with E-state index in [4.69, 9.17) is 0 Å². The summed E-state index contributed by atoms with van der Waals surface area (Å²) < 4.78 is 0. The number of carbonyl (C=O) groups excluding carboxylic acids is 1. The summed E-state index contributed by atoms with van der Waals surface area (Å²) in [7, 11) is 1.76. The first-order chi connectivity index (χ1) is 6.27. The summed E-state index contributed by atoms with van der Waals surface area (Å²) in [6.07, 6.45) is 1.90. The number of hydrogen-bond acceptors (Lipinski definition) is 2. The first-order valence-electron chi connectivity index (χ1n) is 4.70. The molecule has 0 atom stereocenters. The molecule has 0 saturated heterocycles. The Labute approximate surface area is 86.3 Å². The lowest BCUT2D eigenvalue weighted by Crippen LogP contribution is -2.22. The highest BCUT2D eigenvalue weighted by molar-refractivity contribution is 5.99. The van der Waals surface area contributed by atoms with Crippen molar-refractivity contribution in [2.75, 3.05) is 7.05 Å². The molecule has 0 heterocycles. The van der Waals surface area contributed by atoms with Crippen LogP contribution in [0.2, 0.25) is 0 Å². The summed E-state index contributed by atoms with van der Waals surface area (Å²) in [6.45, 7) is 9.63. The molecule has 0 rings (SSSR count). The molecule has 80 valence electrons.